The Balaban J connectivity index is 1.77. The number of piperazine rings is 1. The third kappa shape index (κ3) is 4.59. The molecule has 1 heterocycles. The molecule has 1 fully saturated rings. The summed E-state index contributed by atoms with van der Waals surface area (Å²) >= 11 is 0. The molecule has 1 aliphatic rings. The van der Waals surface area contributed by atoms with Crippen LogP contribution >= 0.6 is 0 Å². The zero-order chi connectivity index (χ0) is 16.6. The average Bonchev–Trinajstić information content (AvgIpc) is 2.64. The molecule has 2 aromatic rings. The molecule has 0 radical (unpaired) electrons. The van der Waals surface area contributed by atoms with Gasteiger partial charge in [0.25, 0.3) is 0 Å². The van der Waals surface area contributed by atoms with Gasteiger partial charge < -0.3 is 10.1 Å². The summed E-state index contributed by atoms with van der Waals surface area (Å²) in [5.41, 5.74) is 1.37. The van der Waals surface area contributed by atoms with Gasteiger partial charge in [0.15, 0.2) is 0 Å². The third-order valence-corrected chi connectivity index (χ3v) is 4.65. The summed E-state index contributed by atoms with van der Waals surface area (Å²) in [4.78, 5) is 2.62. The first-order valence-corrected chi connectivity index (χ1v) is 9.14. The first kappa shape index (κ1) is 17.0. The van der Waals surface area contributed by atoms with Crippen LogP contribution in [0.5, 0.6) is 11.5 Å². The maximum absolute atomic E-state index is 6.03. The van der Waals surface area contributed by atoms with Gasteiger partial charge in [-0.1, -0.05) is 50.1 Å². The van der Waals surface area contributed by atoms with Gasteiger partial charge in [-0.2, -0.15) is 0 Å². The standard InChI is InChI=1S/C21H28N2O/c1-2-3-12-21(23-15-13-22-14-16-23)18-8-7-11-20(17-18)24-19-9-5-4-6-10-19/h4-11,17,21-22H,2-3,12-16H2,1H3/t21-/m0/s1. The molecule has 1 aliphatic heterocycles. The van der Waals surface area contributed by atoms with Crippen LogP contribution in [0.3, 0.4) is 0 Å². The summed E-state index contributed by atoms with van der Waals surface area (Å²) in [6, 6.07) is 19.1. The monoisotopic (exact) mass is 324 g/mol. The van der Waals surface area contributed by atoms with Crippen molar-refractivity contribution in [2.45, 2.75) is 32.2 Å². The number of hydrogen-bond acceptors (Lipinski definition) is 3. The van der Waals surface area contributed by atoms with Crippen molar-refractivity contribution in [2.24, 2.45) is 0 Å². The molecule has 3 rings (SSSR count). The molecule has 0 amide bonds. The number of unbranched alkanes of at least 4 members (excludes halogenated alkanes) is 1. The average molecular weight is 324 g/mol. The van der Waals surface area contributed by atoms with Crippen molar-refractivity contribution in [2.75, 3.05) is 26.2 Å². The second-order valence-electron chi connectivity index (χ2n) is 6.43. The van der Waals surface area contributed by atoms with Crippen molar-refractivity contribution < 1.29 is 4.74 Å². The SMILES string of the molecule is CCCC[C@@H](c1cccc(Oc2ccccc2)c1)N1CCNCC1. The lowest BCUT2D eigenvalue weighted by molar-refractivity contribution is 0.163. The molecule has 0 bridgehead atoms. The van der Waals surface area contributed by atoms with Crippen molar-refractivity contribution in [3.05, 3.63) is 60.2 Å². The quantitative estimate of drug-likeness (QED) is 0.804. The first-order valence-electron chi connectivity index (χ1n) is 9.14. The molecule has 1 N–H and O–H groups in total. The van der Waals surface area contributed by atoms with Crippen LogP contribution in [-0.4, -0.2) is 31.1 Å². The number of benzene rings is 2. The van der Waals surface area contributed by atoms with E-state index in [0.29, 0.717) is 6.04 Å². The number of ether oxygens (including phenoxy) is 1. The lowest BCUT2D eigenvalue weighted by atomic mass is 9.98. The molecule has 3 heteroatoms. The number of rotatable bonds is 7. The highest BCUT2D eigenvalue weighted by atomic mass is 16.5. The zero-order valence-electron chi connectivity index (χ0n) is 14.6. The Hall–Kier alpha value is -1.84. The fraction of sp³-hybridized carbons (Fsp3) is 0.429. The highest BCUT2D eigenvalue weighted by molar-refractivity contribution is 5.35. The van der Waals surface area contributed by atoms with E-state index in [1.165, 1.54) is 24.8 Å². The minimum Gasteiger partial charge on any atom is -0.457 e. The van der Waals surface area contributed by atoms with Crippen molar-refractivity contribution in [3.63, 3.8) is 0 Å². The van der Waals surface area contributed by atoms with Gasteiger partial charge in [-0.3, -0.25) is 4.90 Å². The molecule has 128 valence electrons. The Bertz CT molecular complexity index is 608. The van der Waals surface area contributed by atoms with E-state index in [2.05, 4.69) is 35.3 Å². The van der Waals surface area contributed by atoms with Crippen molar-refractivity contribution in [1.29, 1.82) is 0 Å². The largest absolute Gasteiger partial charge is 0.457 e. The lowest BCUT2D eigenvalue weighted by Crippen LogP contribution is -2.45. The number of hydrogen-bond donors (Lipinski definition) is 1. The van der Waals surface area contributed by atoms with Crippen LogP contribution in [0.4, 0.5) is 0 Å². The van der Waals surface area contributed by atoms with Crippen molar-refractivity contribution in [1.82, 2.24) is 10.2 Å². The predicted octanol–water partition coefficient (Wildman–Crippen LogP) is 4.62. The number of nitrogens with zero attached hydrogens (tertiary/aromatic N) is 1. The molecule has 1 atom stereocenters. The minimum atomic E-state index is 0.492. The fourth-order valence-corrected chi connectivity index (χ4v) is 3.36. The molecule has 0 aliphatic carbocycles. The van der Waals surface area contributed by atoms with Gasteiger partial charge >= 0.3 is 0 Å². The van der Waals surface area contributed by atoms with E-state index in [0.717, 1.165) is 37.7 Å². The van der Waals surface area contributed by atoms with Gasteiger partial charge in [-0.25, -0.2) is 0 Å². The molecular weight excluding hydrogens is 296 g/mol. The van der Waals surface area contributed by atoms with E-state index >= 15 is 0 Å². The minimum absolute atomic E-state index is 0.492. The summed E-state index contributed by atoms with van der Waals surface area (Å²) in [6.45, 7) is 6.69. The van der Waals surface area contributed by atoms with E-state index in [-0.39, 0.29) is 0 Å². The summed E-state index contributed by atoms with van der Waals surface area (Å²) < 4.78 is 6.03. The smallest absolute Gasteiger partial charge is 0.127 e. The fourth-order valence-electron chi connectivity index (χ4n) is 3.36. The predicted molar refractivity (Wildman–Crippen MR) is 99.7 cm³/mol. The number of para-hydroxylation sites is 1. The Morgan fingerprint density at radius 2 is 1.75 bits per heavy atom. The molecule has 2 aromatic carbocycles. The topological polar surface area (TPSA) is 24.5 Å². The highest BCUT2D eigenvalue weighted by Crippen LogP contribution is 2.30. The first-order chi connectivity index (χ1) is 11.9. The second kappa shape index (κ2) is 8.86. The van der Waals surface area contributed by atoms with E-state index in [4.69, 9.17) is 4.74 Å². The zero-order valence-corrected chi connectivity index (χ0v) is 14.6. The van der Waals surface area contributed by atoms with Crippen LogP contribution in [-0.2, 0) is 0 Å². The Kier molecular flexibility index (Phi) is 6.27. The summed E-state index contributed by atoms with van der Waals surface area (Å²) in [5.74, 6) is 1.82. The molecule has 3 nitrogen and oxygen atoms in total. The van der Waals surface area contributed by atoms with E-state index in [1.54, 1.807) is 0 Å². The Morgan fingerprint density at radius 3 is 2.50 bits per heavy atom. The molecule has 0 aromatic heterocycles. The second-order valence-corrected chi connectivity index (χ2v) is 6.43. The summed E-state index contributed by atoms with van der Waals surface area (Å²) in [7, 11) is 0. The van der Waals surface area contributed by atoms with Crippen LogP contribution in [0.2, 0.25) is 0 Å². The normalized spacial score (nSPS) is 16.7. The Labute approximate surface area is 145 Å². The summed E-state index contributed by atoms with van der Waals surface area (Å²) in [6.07, 6.45) is 3.71. The molecular formula is C21H28N2O. The van der Waals surface area contributed by atoms with E-state index in [9.17, 15) is 0 Å². The van der Waals surface area contributed by atoms with Crippen LogP contribution in [0.25, 0.3) is 0 Å². The van der Waals surface area contributed by atoms with Gasteiger partial charge in [0, 0.05) is 32.2 Å². The van der Waals surface area contributed by atoms with E-state index in [1.807, 2.05) is 36.4 Å². The molecule has 0 unspecified atom stereocenters. The summed E-state index contributed by atoms with van der Waals surface area (Å²) in [5, 5.41) is 3.45. The van der Waals surface area contributed by atoms with Crippen LogP contribution < -0.4 is 10.1 Å². The molecule has 1 saturated heterocycles. The van der Waals surface area contributed by atoms with Crippen LogP contribution in [0.15, 0.2) is 54.6 Å². The highest BCUT2D eigenvalue weighted by Gasteiger charge is 2.22. The van der Waals surface area contributed by atoms with Crippen LogP contribution in [0.1, 0.15) is 37.8 Å². The molecule has 0 saturated carbocycles. The lowest BCUT2D eigenvalue weighted by Gasteiger charge is -2.35. The van der Waals surface area contributed by atoms with Gasteiger partial charge in [0.1, 0.15) is 11.5 Å². The third-order valence-electron chi connectivity index (χ3n) is 4.65. The maximum Gasteiger partial charge on any atom is 0.127 e. The van der Waals surface area contributed by atoms with Gasteiger partial charge in [0.05, 0.1) is 0 Å². The van der Waals surface area contributed by atoms with Crippen LogP contribution in [0, 0.1) is 0 Å². The van der Waals surface area contributed by atoms with Crippen molar-refractivity contribution in [3.8, 4) is 11.5 Å². The Morgan fingerprint density at radius 1 is 1.00 bits per heavy atom. The van der Waals surface area contributed by atoms with Gasteiger partial charge in [-0.05, 0) is 36.2 Å². The van der Waals surface area contributed by atoms with Gasteiger partial charge in [-0.15, -0.1) is 0 Å². The van der Waals surface area contributed by atoms with Crippen molar-refractivity contribution >= 4 is 0 Å². The molecule has 0 spiro atoms. The molecule has 24 heavy (non-hydrogen) atoms. The van der Waals surface area contributed by atoms with Gasteiger partial charge in [0.2, 0.25) is 0 Å². The maximum atomic E-state index is 6.03. The number of nitrogens with one attached hydrogen (secondary N) is 1. The van der Waals surface area contributed by atoms with E-state index < -0.39 is 0 Å².